The average molecular weight is 426 g/mol. The van der Waals surface area contributed by atoms with Gasteiger partial charge in [0.1, 0.15) is 19.3 Å². The molecular formula is C19H27N3O6S. The number of rotatable bonds is 6. The molecule has 3 amide bonds. The van der Waals surface area contributed by atoms with E-state index in [1.54, 1.807) is 18.2 Å². The van der Waals surface area contributed by atoms with Crippen molar-refractivity contribution in [3.63, 3.8) is 0 Å². The third kappa shape index (κ3) is 5.99. The van der Waals surface area contributed by atoms with E-state index in [0.717, 1.165) is 0 Å². The van der Waals surface area contributed by atoms with Crippen molar-refractivity contribution in [2.45, 2.75) is 38.8 Å². The van der Waals surface area contributed by atoms with Crippen molar-refractivity contribution < 1.29 is 27.5 Å². The van der Waals surface area contributed by atoms with E-state index >= 15 is 0 Å². The monoisotopic (exact) mass is 425 g/mol. The smallest absolute Gasteiger partial charge is 0.315 e. The molecule has 2 heterocycles. The fraction of sp³-hybridized carbons (Fsp3) is 0.579. The molecule has 0 radical (unpaired) electrons. The number of carbonyl (C=O) groups excluding carboxylic acids is 2. The Morgan fingerprint density at radius 1 is 1.17 bits per heavy atom. The van der Waals surface area contributed by atoms with Crippen molar-refractivity contribution in [3.8, 4) is 11.5 Å². The zero-order chi connectivity index (χ0) is 21.0. The lowest BCUT2D eigenvalue weighted by atomic mass is 10.0. The number of nitrogens with one attached hydrogen (secondary N) is 3. The molecule has 0 aliphatic carbocycles. The first-order valence-electron chi connectivity index (χ1n) is 9.70. The number of fused-ring (bicyclic) bond motifs is 1. The molecule has 1 aromatic carbocycles. The first-order valence-corrected chi connectivity index (χ1v) is 11.5. The summed E-state index contributed by atoms with van der Waals surface area (Å²) >= 11 is 0. The number of hydrogen-bond donors (Lipinski definition) is 3. The van der Waals surface area contributed by atoms with E-state index in [-0.39, 0.29) is 23.3 Å². The summed E-state index contributed by atoms with van der Waals surface area (Å²) in [5.74, 6) is 0.985. The van der Waals surface area contributed by atoms with Gasteiger partial charge in [-0.15, -0.1) is 0 Å². The van der Waals surface area contributed by atoms with Crippen LogP contribution in [0.5, 0.6) is 11.5 Å². The highest BCUT2D eigenvalue weighted by Crippen LogP contribution is 2.32. The Morgan fingerprint density at radius 3 is 2.55 bits per heavy atom. The molecule has 0 spiro atoms. The zero-order valence-corrected chi connectivity index (χ0v) is 17.4. The van der Waals surface area contributed by atoms with Crippen LogP contribution in [0, 0.1) is 5.92 Å². The van der Waals surface area contributed by atoms with Crippen LogP contribution >= 0.6 is 0 Å². The fourth-order valence-corrected chi connectivity index (χ4v) is 5.02. The molecule has 1 fully saturated rings. The SMILES string of the molecule is CC(C)C[C@H](NC(=O)NC1CCS(=O)(=O)C1)C(=O)Nc1ccc2c(c1)OCCO2. The van der Waals surface area contributed by atoms with Gasteiger partial charge >= 0.3 is 6.03 Å². The second-order valence-corrected chi connectivity index (χ2v) is 9.98. The Kier molecular flexibility index (Phi) is 6.51. The van der Waals surface area contributed by atoms with Gasteiger partial charge in [0.25, 0.3) is 0 Å². The molecule has 29 heavy (non-hydrogen) atoms. The van der Waals surface area contributed by atoms with E-state index in [2.05, 4.69) is 16.0 Å². The van der Waals surface area contributed by atoms with Gasteiger partial charge in [0, 0.05) is 17.8 Å². The number of amides is 3. The van der Waals surface area contributed by atoms with Crippen LogP contribution in [-0.4, -0.2) is 57.2 Å². The lowest BCUT2D eigenvalue weighted by Crippen LogP contribution is -2.51. The Morgan fingerprint density at radius 2 is 1.90 bits per heavy atom. The molecule has 2 aliphatic heterocycles. The molecule has 160 valence electrons. The standard InChI is InChI=1S/C19H27N3O6S/c1-12(2)9-15(22-19(24)21-14-5-8-29(25,26)11-14)18(23)20-13-3-4-16-17(10-13)28-7-6-27-16/h3-4,10,12,14-15H,5-9,11H2,1-2H3,(H,20,23)(H2,21,22,24)/t14?,15-/m0/s1. The molecule has 1 unspecified atom stereocenters. The van der Waals surface area contributed by atoms with Crippen LogP contribution in [0.3, 0.4) is 0 Å². The minimum atomic E-state index is -3.10. The highest BCUT2D eigenvalue weighted by atomic mass is 32.2. The molecule has 0 saturated carbocycles. The minimum absolute atomic E-state index is 0.0674. The third-order valence-electron chi connectivity index (χ3n) is 4.71. The van der Waals surface area contributed by atoms with E-state index in [4.69, 9.17) is 9.47 Å². The molecule has 1 aromatic rings. The van der Waals surface area contributed by atoms with Gasteiger partial charge in [0.15, 0.2) is 21.3 Å². The summed E-state index contributed by atoms with van der Waals surface area (Å²) in [7, 11) is -3.10. The predicted molar refractivity (Wildman–Crippen MR) is 108 cm³/mol. The summed E-state index contributed by atoms with van der Waals surface area (Å²) in [5.41, 5.74) is 0.539. The highest BCUT2D eigenvalue weighted by molar-refractivity contribution is 7.91. The molecule has 9 nitrogen and oxygen atoms in total. The van der Waals surface area contributed by atoms with Gasteiger partial charge in [-0.25, -0.2) is 13.2 Å². The van der Waals surface area contributed by atoms with Crippen molar-refractivity contribution in [2.24, 2.45) is 5.92 Å². The summed E-state index contributed by atoms with van der Waals surface area (Å²) in [5, 5.41) is 8.12. The molecule has 0 bridgehead atoms. The van der Waals surface area contributed by atoms with Crippen molar-refractivity contribution in [2.75, 3.05) is 30.0 Å². The highest BCUT2D eigenvalue weighted by Gasteiger charge is 2.30. The van der Waals surface area contributed by atoms with Crippen molar-refractivity contribution in [3.05, 3.63) is 18.2 Å². The maximum Gasteiger partial charge on any atom is 0.315 e. The lowest BCUT2D eigenvalue weighted by molar-refractivity contribution is -0.118. The predicted octanol–water partition coefficient (Wildman–Crippen LogP) is 1.30. The normalized spacial score (nSPS) is 20.7. The maximum atomic E-state index is 12.8. The van der Waals surface area contributed by atoms with Gasteiger partial charge in [0.05, 0.1) is 11.5 Å². The van der Waals surface area contributed by atoms with Crippen molar-refractivity contribution >= 4 is 27.5 Å². The molecule has 2 aliphatic rings. The summed E-state index contributed by atoms with van der Waals surface area (Å²) in [6, 6.07) is 3.38. The number of carbonyl (C=O) groups is 2. The Balaban J connectivity index is 1.61. The quantitative estimate of drug-likeness (QED) is 0.631. The summed E-state index contributed by atoms with van der Waals surface area (Å²) < 4.78 is 34.1. The number of hydrogen-bond acceptors (Lipinski definition) is 6. The summed E-state index contributed by atoms with van der Waals surface area (Å²) in [4.78, 5) is 25.1. The van der Waals surface area contributed by atoms with Crippen LogP contribution in [-0.2, 0) is 14.6 Å². The first kappa shape index (κ1) is 21.2. The Hall–Kier alpha value is -2.49. The maximum absolute atomic E-state index is 12.8. The van der Waals surface area contributed by atoms with E-state index in [1.165, 1.54) is 0 Å². The summed E-state index contributed by atoms with van der Waals surface area (Å²) in [6.07, 6.45) is 0.820. The number of ether oxygens (including phenoxy) is 2. The van der Waals surface area contributed by atoms with Gasteiger partial charge in [-0.2, -0.15) is 0 Å². The van der Waals surface area contributed by atoms with E-state index in [1.807, 2.05) is 13.8 Å². The van der Waals surface area contributed by atoms with E-state index in [0.29, 0.717) is 43.2 Å². The number of anilines is 1. The van der Waals surface area contributed by atoms with Crippen molar-refractivity contribution in [1.82, 2.24) is 10.6 Å². The van der Waals surface area contributed by atoms with Crippen LogP contribution in [0.15, 0.2) is 18.2 Å². The van der Waals surface area contributed by atoms with Crippen molar-refractivity contribution in [1.29, 1.82) is 0 Å². The van der Waals surface area contributed by atoms with Crippen LogP contribution in [0.4, 0.5) is 10.5 Å². The molecule has 2 atom stereocenters. The van der Waals surface area contributed by atoms with Gasteiger partial charge < -0.3 is 25.4 Å². The van der Waals surface area contributed by atoms with Crippen LogP contribution in [0.25, 0.3) is 0 Å². The van der Waals surface area contributed by atoms with Crippen LogP contribution < -0.4 is 25.4 Å². The molecular weight excluding hydrogens is 398 g/mol. The second kappa shape index (κ2) is 8.89. The number of sulfone groups is 1. The second-order valence-electron chi connectivity index (χ2n) is 7.75. The topological polar surface area (TPSA) is 123 Å². The Labute approximate surface area is 170 Å². The van der Waals surface area contributed by atoms with Gasteiger partial charge in [-0.1, -0.05) is 13.8 Å². The van der Waals surface area contributed by atoms with Crippen LogP contribution in [0.1, 0.15) is 26.7 Å². The van der Waals surface area contributed by atoms with Crippen LogP contribution in [0.2, 0.25) is 0 Å². The number of urea groups is 1. The zero-order valence-electron chi connectivity index (χ0n) is 16.6. The van der Waals surface area contributed by atoms with E-state index in [9.17, 15) is 18.0 Å². The third-order valence-corrected chi connectivity index (χ3v) is 6.47. The first-order chi connectivity index (χ1) is 13.7. The fourth-order valence-electron chi connectivity index (χ4n) is 3.35. The molecule has 0 aromatic heterocycles. The average Bonchev–Trinajstić information content (AvgIpc) is 2.98. The molecule has 3 N–H and O–H groups in total. The minimum Gasteiger partial charge on any atom is -0.486 e. The Bertz CT molecular complexity index is 871. The largest absolute Gasteiger partial charge is 0.486 e. The van der Waals surface area contributed by atoms with Gasteiger partial charge in [0.2, 0.25) is 5.91 Å². The number of benzene rings is 1. The van der Waals surface area contributed by atoms with Gasteiger partial charge in [-0.3, -0.25) is 4.79 Å². The molecule has 3 rings (SSSR count). The summed E-state index contributed by atoms with van der Waals surface area (Å²) in [6.45, 7) is 4.83. The molecule has 1 saturated heterocycles. The molecule has 10 heteroatoms. The van der Waals surface area contributed by atoms with E-state index < -0.39 is 28.0 Å². The lowest BCUT2D eigenvalue weighted by Gasteiger charge is -2.22. The van der Waals surface area contributed by atoms with Gasteiger partial charge in [-0.05, 0) is 30.9 Å².